The maximum atomic E-state index is 9.77. The number of aliphatic hydroxyl groups excluding tert-OH is 1. The topological polar surface area (TPSA) is 63.0 Å². The monoisotopic (exact) mass is 250 g/mol. The molecule has 1 aromatic heterocycles. The quantitative estimate of drug-likeness (QED) is 0.832. The summed E-state index contributed by atoms with van der Waals surface area (Å²) < 4.78 is 2.25. The van der Waals surface area contributed by atoms with E-state index in [1.807, 2.05) is 0 Å². The van der Waals surface area contributed by atoms with Crippen molar-refractivity contribution in [2.24, 2.45) is 5.92 Å². The van der Waals surface area contributed by atoms with Gasteiger partial charge in [-0.05, 0) is 31.6 Å². The number of aryl methyl sites for hydroxylation is 1. The van der Waals surface area contributed by atoms with E-state index in [4.69, 9.17) is 0 Å². The first-order valence-electron chi connectivity index (χ1n) is 7.14. The molecule has 2 heterocycles. The van der Waals surface area contributed by atoms with Gasteiger partial charge >= 0.3 is 0 Å². The van der Waals surface area contributed by atoms with E-state index in [9.17, 15) is 5.11 Å². The fourth-order valence-electron chi connectivity index (χ4n) is 3.12. The second-order valence-corrected chi connectivity index (χ2v) is 5.53. The molecule has 0 saturated heterocycles. The first kappa shape index (κ1) is 12.1. The van der Waals surface area contributed by atoms with E-state index in [1.54, 1.807) is 0 Å². The van der Waals surface area contributed by atoms with Gasteiger partial charge in [0, 0.05) is 19.5 Å². The minimum atomic E-state index is -0.107. The van der Waals surface area contributed by atoms with Crippen molar-refractivity contribution in [1.29, 1.82) is 0 Å². The third kappa shape index (κ3) is 2.42. The van der Waals surface area contributed by atoms with Gasteiger partial charge in [-0.2, -0.15) is 0 Å². The van der Waals surface area contributed by atoms with E-state index in [0.717, 1.165) is 57.0 Å². The van der Waals surface area contributed by atoms with E-state index in [1.165, 1.54) is 12.8 Å². The Labute approximate surface area is 108 Å². The molecule has 1 saturated carbocycles. The molecule has 2 unspecified atom stereocenters. The molecule has 18 heavy (non-hydrogen) atoms. The van der Waals surface area contributed by atoms with Gasteiger partial charge in [0.15, 0.2) is 0 Å². The second-order valence-electron chi connectivity index (χ2n) is 5.53. The van der Waals surface area contributed by atoms with E-state index in [2.05, 4.69) is 20.1 Å². The molecule has 0 spiro atoms. The lowest BCUT2D eigenvalue weighted by molar-refractivity contribution is 0.131. The Kier molecular flexibility index (Phi) is 3.61. The largest absolute Gasteiger partial charge is 0.393 e. The van der Waals surface area contributed by atoms with Crippen LogP contribution in [0.25, 0.3) is 0 Å². The number of nitrogens with zero attached hydrogens (tertiary/aromatic N) is 3. The summed E-state index contributed by atoms with van der Waals surface area (Å²) in [6, 6.07) is 0. The van der Waals surface area contributed by atoms with Gasteiger partial charge in [-0.3, -0.25) is 0 Å². The highest BCUT2D eigenvalue weighted by atomic mass is 16.3. The lowest BCUT2D eigenvalue weighted by Crippen LogP contribution is -2.28. The number of aromatic nitrogens is 3. The summed E-state index contributed by atoms with van der Waals surface area (Å²) in [5.74, 6) is 2.62. The van der Waals surface area contributed by atoms with Crippen LogP contribution in [-0.2, 0) is 19.5 Å². The molecule has 0 amide bonds. The minimum Gasteiger partial charge on any atom is -0.393 e. The molecule has 1 aliphatic carbocycles. The van der Waals surface area contributed by atoms with Gasteiger partial charge in [0.05, 0.1) is 12.6 Å². The SMILES string of the molecule is OC1CCCC1CNCc1nnc2n1CCCC2. The molecule has 5 heteroatoms. The van der Waals surface area contributed by atoms with Crippen molar-refractivity contribution in [3.05, 3.63) is 11.6 Å². The highest BCUT2D eigenvalue weighted by Gasteiger charge is 2.24. The average molecular weight is 250 g/mol. The summed E-state index contributed by atoms with van der Waals surface area (Å²) in [6.45, 7) is 2.73. The average Bonchev–Trinajstić information content (AvgIpc) is 2.97. The third-order valence-corrected chi connectivity index (χ3v) is 4.24. The standard InChI is InChI=1S/C13H22N4O/c18-11-5-3-4-10(11)8-14-9-13-16-15-12-6-1-2-7-17(12)13/h10-11,14,18H,1-9H2. The fraction of sp³-hybridized carbons (Fsp3) is 0.846. The third-order valence-electron chi connectivity index (χ3n) is 4.24. The Morgan fingerprint density at radius 1 is 1.22 bits per heavy atom. The zero-order valence-electron chi connectivity index (χ0n) is 10.8. The van der Waals surface area contributed by atoms with Crippen molar-refractivity contribution in [1.82, 2.24) is 20.1 Å². The molecule has 0 bridgehead atoms. The van der Waals surface area contributed by atoms with Crippen molar-refractivity contribution in [2.75, 3.05) is 6.54 Å². The number of hydrogen-bond donors (Lipinski definition) is 2. The number of rotatable bonds is 4. The molecular formula is C13H22N4O. The summed E-state index contributed by atoms with van der Waals surface area (Å²) >= 11 is 0. The first-order valence-corrected chi connectivity index (χ1v) is 7.14. The normalized spacial score (nSPS) is 27.4. The van der Waals surface area contributed by atoms with Crippen LogP contribution in [0.15, 0.2) is 0 Å². The van der Waals surface area contributed by atoms with Gasteiger partial charge in [0.25, 0.3) is 0 Å². The van der Waals surface area contributed by atoms with Crippen molar-refractivity contribution < 1.29 is 5.11 Å². The van der Waals surface area contributed by atoms with Crippen molar-refractivity contribution in [2.45, 2.75) is 57.7 Å². The Morgan fingerprint density at radius 3 is 3.00 bits per heavy atom. The van der Waals surface area contributed by atoms with Crippen LogP contribution in [0.1, 0.15) is 43.8 Å². The van der Waals surface area contributed by atoms with Gasteiger partial charge < -0.3 is 15.0 Å². The van der Waals surface area contributed by atoms with Gasteiger partial charge in [0.2, 0.25) is 0 Å². The van der Waals surface area contributed by atoms with Crippen LogP contribution in [0.5, 0.6) is 0 Å². The van der Waals surface area contributed by atoms with Crippen LogP contribution in [0.3, 0.4) is 0 Å². The molecule has 2 aliphatic rings. The number of hydrogen-bond acceptors (Lipinski definition) is 4. The molecule has 100 valence electrons. The maximum absolute atomic E-state index is 9.77. The van der Waals surface area contributed by atoms with E-state index >= 15 is 0 Å². The Balaban J connectivity index is 1.52. The molecule has 1 aromatic rings. The molecule has 2 atom stereocenters. The molecule has 2 N–H and O–H groups in total. The van der Waals surface area contributed by atoms with Crippen LogP contribution in [-0.4, -0.2) is 32.5 Å². The molecule has 1 fully saturated rings. The van der Waals surface area contributed by atoms with Gasteiger partial charge in [0.1, 0.15) is 11.6 Å². The van der Waals surface area contributed by atoms with Crippen molar-refractivity contribution >= 4 is 0 Å². The van der Waals surface area contributed by atoms with Crippen LogP contribution in [0.4, 0.5) is 0 Å². The predicted octanol–water partition coefficient (Wildman–Crippen LogP) is 0.865. The number of fused-ring (bicyclic) bond motifs is 1. The molecule has 0 aromatic carbocycles. The van der Waals surface area contributed by atoms with Crippen molar-refractivity contribution in [3.8, 4) is 0 Å². The molecule has 3 rings (SSSR count). The van der Waals surface area contributed by atoms with Gasteiger partial charge in [-0.25, -0.2) is 0 Å². The Morgan fingerprint density at radius 2 is 2.17 bits per heavy atom. The maximum Gasteiger partial charge on any atom is 0.147 e. The summed E-state index contributed by atoms with van der Waals surface area (Å²) in [6.07, 6.45) is 6.70. The van der Waals surface area contributed by atoms with Crippen LogP contribution >= 0.6 is 0 Å². The lowest BCUT2D eigenvalue weighted by Gasteiger charge is -2.17. The van der Waals surface area contributed by atoms with E-state index in [0.29, 0.717) is 5.92 Å². The second kappa shape index (κ2) is 5.36. The molecule has 0 radical (unpaired) electrons. The smallest absolute Gasteiger partial charge is 0.147 e. The zero-order valence-corrected chi connectivity index (χ0v) is 10.8. The van der Waals surface area contributed by atoms with Crippen LogP contribution in [0.2, 0.25) is 0 Å². The highest BCUT2D eigenvalue weighted by molar-refractivity contribution is 4.98. The fourth-order valence-corrected chi connectivity index (χ4v) is 3.12. The summed E-state index contributed by atoms with van der Waals surface area (Å²) in [5, 5.41) is 21.7. The zero-order chi connectivity index (χ0) is 12.4. The summed E-state index contributed by atoms with van der Waals surface area (Å²) in [4.78, 5) is 0. The Bertz CT molecular complexity index is 404. The summed E-state index contributed by atoms with van der Waals surface area (Å²) in [7, 11) is 0. The van der Waals surface area contributed by atoms with Gasteiger partial charge in [-0.1, -0.05) is 6.42 Å². The molecular weight excluding hydrogens is 228 g/mol. The number of aliphatic hydroxyl groups is 1. The molecule has 1 aliphatic heterocycles. The highest BCUT2D eigenvalue weighted by Crippen LogP contribution is 2.24. The minimum absolute atomic E-state index is 0.107. The van der Waals surface area contributed by atoms with Crippen molar-refractivity contribution in [3.63, 3.8) is 0 Å². The molecule has 5 nitrogen and oxygen atoms in total. The number of nitrogens with one attached hydrogen (secondary N) is 1. The first-order chi connectivity index (χ1) is 8.84. The van der Waals surface area contributed by atoms with E-state index in [-0.39, 0.29) is 6.10 Å². The van der Waals surface area contributed by atoms with Crippen LogP contribution < -0.4 is 5.32 Å². The van der Waals surface area contributed by atoms with Gasteiger partial charge in [-0.15, -0.1) is 10.2 Å². The summed E-state index contributed by atoms with van der Waals surface area (Å²) in [5.41, 5.74) is 0. The van der Waals surface area contributed by atoms with Crippen LogP contribution in [0, 0.1) is 5.92 Å². The Hall–Kier alpha value is -0.940. The lowest BCUT2D eigenvalue weighted by atomic mass is 10.1. The van der Waals surface area contributed by atoms with E-state index < -0.39 is 0 Å². The predicted molar refractivity (Wildman–Crippen MR) is 68.0 cm³/mol.